The Balaban J connectivity index is 2.13. The lowest BCUT2D eigenvalue weighted by Crippen LogP contribution is -2.53. The molecule has 0 radical (unpaired) electrons. The average molecular weight is 297 g/mol. The molecule has 1 fully saturated rings. The molecule has 1 amide bonds. The van der Waals surface area contributed by atoms with E-state index in [-0.39, 0.29) is 12.5 Å². The number of hydrogen-bond donors (Lipinski definition) is 3. The van der Waals surface area contributed by atoms with Gasteiger partial charge in [0.15, 0.2) is 0 Å². The van der Waals surface area contributed by atoms with Gasteiger partial charge in [0, 0.05) is 16.3 Å². The monoisotopic (exact) mass is 296 g/mol. The second-order valence-electron chi connectivity index (χ2n) is 5.85. The molecule has 0 atom stereocenters. The van der Waals surface area contributed by atoms with Gasteiger partial charge < -0.3 is 16.2 Å². The molecule has 0 bridgehead atoms. The third-order valence-corrected chi connectivity index (χ3v) is 4.31. The lowest BCUT2D eigenvalue weighted by atomic mass is 9.77. The molecule has 1 aliphatic carbocycles. The molecule has 4 N–H and O–H groups in total. The number of hydrogen-bond acceptors (Lipinski definition) is 3. The molecule has 0 spiro atoms. The van der Waals surface area contributed by atoms with Gasteiger partial charge >= 0.3 is 0 Å². The molecule has 0 saturated heterocycles. The van der Waals surface area contributed by atoms with Crippen molar-refractivity contribution in [1.29, 1.82) is 0 Å². The molecule has 1 saturated carbocycles. The molecule has 4 nitrogen and oxygen atoms in total. The second kappa shape index (κ2) is 6.02. The highest BCUT2D eigenvalue weighted by Crippen LogP contribution is 2.32. The zero-order chi connectivity index (χ0) is 14.8. The number of benzene rings is 1. The van der Waals surface area contributed by atoms with Gasteiger partial charge in [-0.25, -0.2) is 0 Å². The molecule has 1 aromatic rings. The maximum atomic E-state index is 12.3. The van der Waals surface area contributed by atoms with Gasteiger partial charge in [-0.05, 0) is 49.8 Å². The van der Waals surface area contributed by atoms with Crippen LogP contribution >= 0.6 is 11.6 Å². The van der Waals surface area contributed by atoms with Crippen molar-refractivity contribution in [3.63, 3.8) is 0 Å². The largest absolute Gasteiger partial charge is 0.399 e. The van der Waals surface area contributed by atoms with Crippen molar-refractivity contribution in [2.75, 3.05) is 12.3 Å². The lowest BCUT2D eigenvalue weighted by Gasteiger charge is -2.38. The Kier molecular flexibility index (Phi) is 4.55. The number of rotatable bonds is 3. The van der Waals surface area contributed by atoms with Crippen molar-refractivity contribution < 1.29 is 9.90 Å². The van der Waals surface area contributed by atoms with Crippen LogP contribution in [0.2, 0.25) is 5.02 Å². The molecule has 20 heavy (non-hydrogen) atoms. The normalized spacial score (nSPS) is 26.2. The first-order valence-corrected chi connectivity index (χ1v) is 7.31. The molecule has 0 aliphatic heterocycles. The highest BCUT2D eigenvalue weighted by atomic mass is 35.5. The number of nitrogen functional groups attached to an aromatic ring is 1. The molecule has 1 aromatic carbocycles. The fourth-order valence-corrected chi connectivity index (χ4v) is 2.94. The predicted molar refractivity (Wildman–Crippen MR) is 80.8 cm³/mol. The van der Waals surface area contributed by atoms with Crippen LogP contribution in [0.1, 0.15) is 43.0 Å². The maximum absolute atomic E-state index is 12.3. The summed E-state index contributed by atoms with van der Waals surface area (Å²) in [6, 6.07) is 4.78. The summed E-state index contributed by atoms with van der Waals surface area (Å²) < 4.78 is 0. The van der Waals surface area contributed by atoms with Crippen LogP contribution in [0.3, 0.4) is 0 Å². The topological polar surface area (TPSA) is 75.3 Å². The number of amides is 1. The molecule has 0 unspecified atom stereocenters. The molecule has 0 heterocycles. The average Bonchev–Trinajstić information content (AvgIpc) is 2.40. The minimum absolute atomic E-state index is 0.0402. The van der Waals surface area contributed by atoms with E-state index in [1.165, 1.54) is 0 Å². The number of carbonyl (C=O) groups excluding carboxylic acids is 1. The molecule has 110 valence electrons. The summed E-state index contributed by atoms with van der Waals surface area (Å²) in [5.74, 6) is 0.413. The summed E-state index contributed by atoms with van der Waals surface area (Å²) in [4.78, 5) is 12.3. The van der Waals surface area contributed by atoms with Crippen molar-refractivity contribution in [2.45, 2.75) is 38.1 Å². The summed E-state index contributed by atoms with van der Waals surface area (Å²) in [7, 11) is 0. The summed E-state index contributed by atoms with van der Waals surface area (Å²) in [5.41, 5.74) is 6.08. The van der Waals surface area contributed by atoms with Crippen LogP contribution in [0, 0.1) is 5.92 Å². The number of nitrogens with one attached hydrogen (secondary N) is 1. The van der Waals surface area contributed by atoms with Gasteiger partial charge in [-0.15, -0.1) is 0 Å². The Morgan fingerprint density at radius 3 is 2.65 bits per heavy atom. The Hall–Kier alpha value is -1.26. The fourth-order valence-electron chi connectivity index (χ4n) is 2.69. The van der Waals surface area contributed by atoms with Gasteiger partial charge in [-0.3, -0.25) is 4.79 Å². The van der Waals surface area contributed by atoms with Crippen LogP contribution in [0.5, 0.6) is 0 Å². The first-order valence-electron chi connectivity index (χ1n) is 6.93. The van der Waals surface area contributed by atoms with Gasteiger partial charge in [0.05, 0.1) is 12.1 Å². The highest BCUT2D eigenvalue weighted by Gasteiger charge is 2.35. The third-order valence-electron chi connectivity index (χ3n) is 4.10. The number of nitrogens with two attached hydrogens (primary N) is 1. The first kappa shape index (κ1) is 15.1. The Labute approximate surface area is 124 Å². The van der Waals surface area contributed by atoms with E-state index in [1.54, 1.807) is 18.2 Å². The third kappa shape index (κ3) is 3.44. The number of anilines is 1. The first-order chi connectivity index (χ1) is 9.44. The highest BCUT2D eigenvalue weighted by molar-refractivity contribution is 6.31. The lowest BCUT2D eigenvalue weighted by molar-refractivity contribution is 0.0717. The molecule has 1 aliphatic rings. The van der Waals surface area contributed by atoms with E-state index in [1.807, 2.05) is 0 Å². The summed E-state index contributed by atoms with van der Waals surface area (Å²) in [5, 5.41) is 13.1. The van der Waals surface area contributed by atoms with Gasteiger partial charge in [-0.2, -0.15) is 0 Å². The van der Waals surface area contributed by atoms with Crippen LogP contribution < -0.4 is 11.1 Å². The molecular formula is C15H21ClN2O2. The van der Waals surface area contributed by atoms with Gasteiger partial charge in [0.1, 0.15) is 0 Å². The maximum Gasteiger partial charge on any atom is 0.251 e. The Morgan fingerprint density at radius 1 is 1.45 bits per heavy atom. The minimum atomic E-state index is -0.513. The van der Waals surface area contributed by atoms with Gasteiger partial charge in [-0.1, -0.05) is 18.5 Å². The van der Waals surface area contributed by atoms with Crippen LogP contribution in [-0.4, -0.2) is 23.2 Å². The Morgan fingerprint density at radius 2 is 2.10 bits per heavy atom. The van der Waals surface area contributed by atoms with Crippen molar-refractivity contribution in [3.05, 3.63) is 28.8 Å². The number of carbonyl (C=O) groups is 1. The van der Waals surface area contributed by atoms with Crippen molar-refractivity contribution in [3.8, 4) is 0 Å². The van der Waals surface area contributed by atoms with E-state index >= 15 is 0 Å². The number of halogens is 1. The van der Waals surface area contributed by atoms with Crippen molar-refractivity contribution in [2.24, 2.45) is 5.92 Å². The van der Waals surface area contributed by atoms with E-state index in [9.17, 15) is 9.90 Å². The zero-order valence-electron chi connectivity index (χ0n) is 11.7. The van der Waals surface area contributed by atoms with Crippen molar-refractivity contribution >= 4 is 23.2 Å². The van der Waals surface area contributed by atoms with Crippen LogP contribution in [-0.2, 0) is 0 Å². The van der Waals surface area contributed by atoms with E-state index < -0.39 is 5.54 Å². The zero-order valence-corrected chi connectivity index (χ0v) is 12.4. The van der Waals surface area contributed by atoms with E-state index in [0.717, 1.165) is 25.7 Å². The summed E-state index contributed by atoms with van der Waals surface area (Å²) in [6.45, 7) is 2.16. The SMILES string of the molecule is CC1CCC(CO)(NC(=O)c2cc(N)cc(Cl)c2)CC1. The summed E-state index contributed by atoms with van der Waals surface area (Å²) >= 11 is 5.92. The standard InChI is InChI=1S/C15H21ClN2O2/c1-10-2-4-15(9-19,5-3-10)18-14(20)11-6-12(16)8-13(17)7-11/h6-8,10,19H,2-5,9,17H2,1H3,(H,18,20). The molecule has 0 aromatic heterocycles. The molecule has 2 rings (SSSR count). The van der Waals surface area contributed by atoms with Gasteiger partial charge in [0.25, 0.3) is 5.91 Å². The number of aliphatic hydroxyl groups excluding tert-OH is 1. The smallest absolute Gasteiger partial charge is 0.251 e. The summed E-state index contributed by atoms with van der Waals surface area (Å²) in [6.07, 6.45) is 3.62. The van der Waals surface area contributed by atoms with E-state index in [4.69, 9.17) is 17.3 Å². The van der Waals surface area contributed by atoms with Crippen LogP contribution in [0.15, 0.2) is 18.2 Å². The quantitative estimate of drug-likeness (QED) is 0.751. The van der Waals surface area contributed by atoms with E-state index in [0.29, 0.717) is 22.2 Å². The Bertz CT molecular complexity index is 476. The minimum Gasteiger partial charge on any atom is -0.399 e. The van der Waals surface area contributed by atoms with Crippen molar-refractivity contribution in [1.82, 2.24) is 5.32 Å². The molecule has 5 heteroatoms. The molecular weight excluding hydrogens is 276 g/mol. The van der Waals surface area contributed by atoms with E-state index in [2.05, 4.69) is 12.2 Å². The predicted octanol–water partition coefficient (Wildman–Crippen LogP) is 2.59. The van der Waals surface area contributed by atoms with Gasteiger partial charge in [0.2, 0.25) is 0 Å². The second-order valence-corrected chi connectivity index (χ2v) is 6.28. The fraction of sp³-hybridized carbons (Fsp3) is 0.533. The van der Waals surface area contributed by atoms with Crippen LogP contribution in [0.25, 0.3) is 0 Å². The number of aliphatic hydroxyl groups is 1. The van der Waals surface area contributed by atoms with Crippen LogP contribution in [0.4, 0.5) is 5.69 Å².